The van der Waals surface area contributed by atoms with E-state index in [9.17, 15) is 4.79 Å². The van der Waals surface area contributed by atoms with E-state index in [-0.39, 0.29) is 5.91 Å². The molecule has 0 atom stereocenters. The highest BCUT2D eigenvalue weighted by Crippen LogP contribution is 2.17. The van der Waals surface area contributed by atoms with Crippen LogP contribution in [0.15, 0.2) is 60.9 Å². The van der Waals surface area contributed by atoms with Gasteiger partial charge in [0.2, 0.25) is 5.91 Å². The zero-order valence-electron chi connectivity index (χ0n) is 13.4. The van der Waals surface area contributed by atoms with E-state index in [2.05, 4.69) is 39.9 Å². The smallest absolute Gasteiger partial charge is 0.224 e. The number of rotatable bonds is 5. The molecular formula is C19H18IN3O. The zero-order chi connectivity index (χ0) is 16.9. The second kappa shape index (κ2) is 7.61. The van der Waals surface area contributed by atoms with E-state index in [0.29, 0.717) is 12.8 Å². The number of para-hydroxylation sites is 1. The van der Waals surface area contributed by atoms with E-state index in [1.54, 1.807) is 0 Å². The molecule has 4 nitrogen and oxygen atoms in total. The average molecular weight is 431 g/mol. The van der Waals surface area contributed by atoms with Crippen molar-refractivity contribution < 1.29 is 4.79 Å². The molecule has 1 N–H and O–H groups in total. The van der Waals surface area contributed by atoms with Gasteiger partial charge in [-0.15, -0.1) is 0 Å². The number of nitrogens with one attached hydrogen (secondary N) is 1. The predicted octanol–water partition coefficient (Wildman–Crippen LogP) is 4.36. The van der Waals surface area contributed by atoms with Gasteiger partial charge in [-0.3, -0.25) is 4.79 Å². The Morgan fingerprint density at radius 3 is 2.75 bits per heavy atom. The van der Waals surface area contributed by atoms with Crippen molar-refractivity contribution in [2.24, 2.45) is 0 Å². The number of amides is 1. The number of aryl methyl sites for hydroxylation is 2. The summed E-state index contributed by atoms with van der Waals surface area (Å²) in [5, 5.41) is 7.30. The zero-order valence-corrected chi connectivity index (χ0v) is 15.5. The maximum atomic E-state index is 12.1. The van der Waals surface area contributed by atoms with Gasteiger partial charge in [-0.25, -0.2) is 4.68 Å². The summed E-state index contributed by atoms with van der Waals surface area (Å²) in [4.78, 5) is 12.1. The molecule has 0 saturated heterocycles. The Labute approximate surface area is 155 Å². The number of aromatic nitrogens is 2. The third-order valence-electron chi connectivity index (χ3n) is 3.75. The predicted molar refractivity (Wildman–Crippen MR) is 104 cm³/mol. The van der Waals surface area contributed by atoms with Gasteiger partial charge >= 0.3 is 0 Å². The van der Waals surface area contributed by atoms with Gasteiger partial charge in [-0.05, 0) is 71.3 Å². The van der Waals surface area contributed by atoms with Crippen molar-refractivity contribution in [1.82, 2.24) is 9.78 Å². The number of hydrogen-bond donors (Lipinski definition) is 1. The van der Waals surface area contributed by atoms with Gasteiger partial charge in [0.05, 0.1) is 11.9 Å². The molecule has 0 aliphatic rings. The van der Waals surface area contributed by atoms with Gasteiger partial charge in [0.1, 0.15) is 0 Å². The summed E-state index contributed by atoms with van der Waals surface area (Å²) in [7, 11) is 0. The Morgan fingerprint density at radius 1 is 1.21 bits per heavy atom. The van der Waals surface area contributed by atoms with Crippen molar-refractivity contribution in [3.8, 4) is 5.69 Å². The van der Waals surface area contributed by atoms with Crippen LogP contribution in [0.4, 0.5) is 5.69 Å². The van der Waals surface area contributed by atoms with Crippen LogP contribution in [0.25, 0.3) is 5.69 Å². The monoisotopic (exact) mass is 431 g/mol. The van der Waals surface area contributed by atoms with Crippen LogP contribution in [0, 0.1) is 10.5 Å². The minimum Gasteiger partial charge on any atom is -0.326 e. The third kappa shape index (κ3) is 4.23. The highest BCUT2D eigenvalue weighted by Gasteiger charge is 2.06. The Hall–Kier alpha value is -2.15. The van der Waals surface area contributed by atoms with Crippen LogP contribution >= 0.6 is 22.6 Å². The van der Waals surface area contributed by atoms with Gasteiger partial charge in [-0.2, -0.15) is 5.10 Å². The number of benzene rings is 2. The molecule has 5 heteroatoms. The summed E-state index contributed by atoms with van der Waals surface area (Å²) in [6.45, 7) is 2.05. The van der Waals surface area contributed by atoms with E-state index in [4.69, 9.17) is 0 Å². The van der Waals surface area contributed by atoms with Gasteiger partial charge in [0.25, 0.3) is 0 Å². The lowest BCUT2D eigenvalue weighted by Crippen LogP contribution is -2.12. The molecule has 2 aromatic carbocycles. The van der Waals surface area contributed by atoms with Gasteiger partial charge < -0.3 is 5.32 Å². The van der Waals surface area contributed by atoms with E-state index < -0.39 is 0 Å². The van der Waals surface area contributed by atoms with Crippen LogP contribution in [0.3, 0.4) is 0 Å². The Morgan fingerprint density at radius 2 is 2.00 bits per heavy atom. The second-order valence-corrected chi connectivity index (χ2v) is 6.80. The van der Waals surface area contributed by atoms with Crippen molar-refractivity contribution in [3.63, 3.8) is 0 Å². The Balaban J connectivity index is 1.56. The number of carbonyl (C=O) groups excluding carboxylic acids is 1. The summed E-state index contributed by atoms with van der Waals surface area (Å²) in [5.41, 5.74) is 4.12. The first kappa shape index (κ1) is 16.7. The summed E-state index contributed by atoms with van der Waals surface area (Å²) in [6.07, 6.45) is 4.89. The van der Waals surface area contributed by atoms with E-state index >= 15 is 0 Å². The van der Waals surface area contributed by atoms with Crippen LogP contribution in [0.2, 0.25) is 0 Å². The molecular weight excluding hydrogens is 413 g/mol. The number of anilines is 1. The number of carbonyl (C=O) groups is 1. The van der Waals surface area contributed by atoms with Crippen LogP contribution in [-0.2, 0) is 11.2 Å². The molecule has 1 heterocycles. The van der Waals surface area contributed by atoms with Crippen LogP contribution in [0.5, 0.6) is 0 Å². The maximum absolute atomic E-state index is 12.1. The molecule has 0 spiro atoms. The average Bonchev–Trinajstić information content (AvgIpc) is 3.06. The fourth-order valence-electron chi connectivity index (χ4n) is 2.36. The highest BCUT2D eigenvalue weighted by atomic mass is 127. The molecule has 3 aromatic rings. The maximum Gasteiger partial charge on any atom is 0.224 e. The molecule has 0 aliphatic heterocycles. The molecule has 0 radical (unpaired) electrons. The quantitative estimate of drug-likeness (QED) is 0.611. The molecule has 1 amide bonds. The van der Waals surface area contributed by atoms with Crippen molar-refractivity contribution in [2.75, 3.05) is 5.32 Å². The van der Waals surface area contributed by atoms with Gasteiger partial charge in [0, 0.05) is 21.9 Å². The summed E-state index contributed by atoms with van der Waals surface area (Å²) >= 11 is 2.27. The molecule has 0 saturated carbocycles. The molecule has 24 heavy (non-hydrogen) atoms. The first-order valence-electron chi connectivity index (χ1n) is 7.77. The minimum absolute atomic E-state index is 0.0158. The van der Waals surface area contributed by atoms with E-state index in [1.165, 1.54) is 5.56 Å². The summed E-state index contributed by atoms with van der Waals surface area (Å²) in [6, 6.07) is 15.9. The molecule has 0 fully saturated rings. The Bertz CT molecular complexity index is 843. The van der Waals surface area contributed by atoms with Gasteiger partial charge in [-0.1, -0.05) is 24.3 Å². The Kier molecular flexibility index (Phi) is 5.30. The largest absolute Gasteiger partial charge is 0.326 e. The SMILES string of the molecule is Cc1ccc(NC(=O)CCc2cnn(-c3ccccc3)c2)cc1I. The normalized spacial score (nSPS) is 10.6. The molecule has 122 valence electrons. The fourth-order valence-corrected chi connectivity index (χ4v) is 2.88. The van der Waals surface area contributed by atoms with Crippen LogP contribution < -0.4 is 5.32 Å². The topological polar surface area (TPSA) is 46.9 Å². The lowest BCUT2D eigenvalue weighted by atomic mass is 10.2. The van der Waals surface area contributed by atoms with Crippen molar-refractivity contribution in [2.45, 2.75) is 19.8 Å². The first-order chi connectivity index (χ1) is 11.6. The van der Waals surface area contributed by atoms with E-state index in [0.717, 1.165) is 20.5 Å². The second-order valence-electron chi connectivity index (χ2n) is 5.64. The lowest BCUT2D eigenvalue weighted by Gasteiger charge is -2.06. The molecule has 1 aromatic heterocycles. The van der Waals surface area contributed by atoms with Crippen molar-refractivity contribution in [3.05, 3.63) is 75.6 Å². The third-order valence-corrected chi connectivity index (χ3v) is 4.92. The van der Waals surface area contributed by atoms with Gasteiger partial charge in [0.15, 0.2) is 0 Å². The summed E-state index contributed by atoms with van der Waals surface area (Å²) < 4.78 is 2.98. The van der Waals surface area contributed by atoms with E-state index in [1.807, 2.05) is 65.6 Å². The number of nitrogens with zero attached hydrogens (tertiary/aromatic N) is 2. The van der Waals surface area contributed by atoms with Crippen LogP contribution in [0.1, 0.15) is 17.5 Å². The minimum atomic E-state index is 0.0158. The molecule has 3 rings (SSSR count). The van der Waals surface area contributed by atoms with Crippen molar-refractivity contribution >= 4 is 34.2 Å². The standard InChI is InChI=1S/C19H18IN3O/c1-14-7-9-16(11-18(14)20)22-19(24)10-8-15-12-21-23(13-15)17-5-3-2-4-6-17/h2-7,9,11-13H,8,10H2,1H3,(H,22,24). The van der Waals surface area contributed by atoms with Crippen LogP contribution in [-0.4, -0.2) is 15.7 Å². The summed E-state index contributed by atoms with van der Waals surface area (Å²) in [5.74, 6) is 0.0158. The molecule has 0 aliphatic carbocycles. The molecule has 0 bridgehead atoms. The number of halogens is 1. The fraction of sp³-hybridized carbons (Fsp3) is 0.158. The highest BCUT2D eigenvalue weighted by molar-refractivity contribution is 14.1. The number of hydrogen-bond acceptors (Lipinski definition) is 2. The lowest BCUT2D eigenvalue weighted by molar-refractivity contribution is -0.116. The van der Waals surface area contributed by atoms with Crippen molar-refractivity contribution in [1.29, 1.82) is 0 Å². The first-order valence-corrected chi connectivity index (χ1v) is 8.85. The molecule has 0 unspecified atom stereocenters.